The highest BCUT2D eigenvalue weighted by Gasteiger charge is 2.21. The lowest BCUT2D eigenvalue weighted by Crippen LogP contribution is -1.97. The zero-order valence-electron chi connectivity index (χ0n) is 9.75. The van der Waals surface area contributed by atoms with Crippen molar-refractivity contribution in [3.63, 3.8) is 0 Å². The molecule has 0 bridgehead atoms. The molecule has 0 radical (unpaired) electrons. The number of aromatic nitrogens is 2. The highest BCUT2D eigenvalue weighted by atomic mass is 79.9. The van der Waals surface area contributed by atoms with E-state index in [9.17, 15) is 4.39 Å². The molecule has 96 valence electrons. The molecule has 0 unspecified atom stereocenters. The number of benzene rings is 1. The first-order valence-corrected chi connectivity index (χ1v) is 5.79. The van der Waals surface area contributed by atoms with Crippen molar-refractivity contribution in [3.05, 3.63) is 22.4 Å². The standard InChI is InChI=1S/C11H11BrFN3O2/c1-17-10-6(13)3-5(12)9(11(10)18-2)7-4-8(14)16-15-7/h3-4H,1-2H3,(H3,14,15,16). The van der Waals surface area contributed by atoms with Crippen molar-refractivity contribution < 1.29 is 13.9 Å². The van der Waals surface area contributed by atoms with E-state index in [2.05, 4.69) is 26.1 Å². The first-order valence-electron chi connectivity index (χ1n) is 4.99. The Morgan fingerprint density at radius 1 is 1.28 bits per heavy atom. The van der Waals surface area contributed by atoms with E-state index in [1.54, 1.807) is 6.07 Å². The van der Waals surface area contributed by atoms with Gasteiger partial charge in [0.2, 0.25) is 0 Å². The molecule has 1 aromatic carbocycles. The van der Waals surface area contributed by atoms with Crippen molar-refractivity contribution in [2.75, 3.05) is 20.0 Å². The van der Waals surface area contributed by atoms with Crippen LogP contribution in [0.15, 0.2) is 16.6 Å². The molecular formula is C11H11BrFN3O2. The normalized spacial score (nSPS) is 10.4. The number of nitrogen functional groups attached to an aromatic ring is 1. The second-order valence-corrected chi connectivity index (χ2v) is 4.34. The van der Waals surface area contributed by atoms with Crippen LogP contribution in [0.5, 0.6) is 11.5 Å². The van der Waals surface area contributed by atoms with Gasteiger partial charge >= 0.3 is 0 Å². The van der Waals surface area contributed by atoms with Gasteiger partial charge < -0.3 is 15.2 Å². The second-order valence-electron chi connectivity index (χ2n) is 3.49. The monoisotopic (exact) mass is 315 g/mol. The first-order chi connectivity index (χ1) is 8.58. The summed E-state index contributed by atoms with van der Waals surface area (Å²) in [6, 6.07) is 2.92. The van der Waals surface area contributed by atoms with Crippen LogP contribution in [0, 0.1) is 5.82 Å². The molecule has 0 saturated carbocycles. The molecule has 0 saturated heterocycles. The van der Waals surface area contributed by atoms with Crippen molar-refractivity contribution in [2.24, 2.45) is 0 Å². The van der Waals surface area contributed by atoms with Gasteiger partial charge in [-0.05, 0) is 22.0 Å². The lowest BCUT2D eigenvalue weighted by atomic mass is 10.1. The fraction of sp³-hybridized carbons (Fsp3) is 0.182. The zero-order chi connectivity index (χ0) is 13.3. The minimum Gasteiger partial charge on any atom is -0.492 e. The third-order valence-corrected chi connectivity index (χ3v) is 3.04. The molecule has 2 aromatic rings. The van der Waals surface area contributed by atoms with Crippen molar-refractivity contribution in [1.29, 1.82) is 0 Å². The van der Waals surface area contributed by atoms with Crippen LogP contribution in [0.1, 0.15) is 0 Å². The van der Waals surface area contributed by atoms with Gasteiger partial charge in [0.1, 0.15) is 5.82 Å². The summed E-state index contributed by atoms with van der Waals surface area (Å²) in [5.74, 6) is 0.122. The highest BCUT2D eigenvalue weighted by molar-refractivity contribution is 9.10. The number of anilines is 1. The van der Waals surface area contributed by atoms with Gasteiger partial charge in [0, 0.05) is 10.5 Å². The average molecular weight is 316 g/mol. The van der Waals surface area contributed by atoms with Crippen molar-refractivity contribution in [1.82, 2.24) is 10.2 Å². The quantitative estimate of drug-likeness (QED) is 0.913. The Kier molecular flexibility index (Phi) is 3.42. The van der Waals surface area contributed by atoms with E-state index in [-0.39, 0.29) is 11.5 Å². The minimum atomic E-state index is -0.516. The summed E-state index contributed by atoms with van der Waals surface area (Å²) in [7, 11) is 2.81. The Balaban J connectivity index is 2.73. The first kappa shape index (κ1) is 12.7. The van der Waals surface area contributed by atoms with Crippen LogP contribution >= 0.6 is 15.9 Å². The predicted octanol–water partition coefficient (Wildman–Crippen LogP) is 2.58. The number of methoxy groups -OCH3 is 2. The number of rotatable bonds is 3. The summed E-state index contributed by atoms with van der Waals surface area (Å²) < 4.78 is 24.4. The van der Waals surface area contributed by atoms with E-state index in [0.29, 0.717) is 21.5 Å². The minimum absolute atomic E-state index is 0.0314. The number of ether oxygens (including phenoxy) is 2. The molecule has 0 aliphatic rings. The Hall–Kier alpha value is -1.76. The molecule has 3 N–H and O–H groups in total. The number of nitrogens with zero attached hydrogens (tertiary/aromatic N) is 1. The number of aromatic amines is 1. The maximum atomic E-state index is 13.7. The van der Waals surface area contributed by atoms with E-state index < -0.39 is 5.82 Å². The highest BCUT2D eigenvalue weighted by Crippen LogP contribution is 2.44. The number of hydrogen-bond acceptors (Lipinski definition) is 4. The van der Waals surface area contributed by atoms with Crippen LogP contribution in [-0.2, 0) is 0 Å². The van der Waals surface area contributed by atoms with Gasteiger partial charge in [-0.2, -0.15) is 5.10 Å². The lowest BCUT2D eigenvalue weighted by Gasteiger charge is -2.14. The molecule has 0 spiro atoms. The largest absolute Gasteiger partial charge is 0.492 e. The predicted molar refractivity (Wildman–Crippen MR) is 69.2 cm³/mol. The molecular weight excluding hydrogens is 305 g/mol. The maximum Gasteiger partial charge on any atom is 0.197 e. The summed E-state index contributed by atoms with van der Waals surface area (Å²) in [6.07, 6.45) is 0. The lowest BCUT2D eigenvalue weighted by molar-refractivity contribution is 0.338. The second kappa shape index (κ2) is 4.85. The fourth-order valence-electron chi connectivity index (χ4n) is 1.68. The van der Waals surface area contributed by atoms with Gasteiger partial charge in [-0.15, -0.1) is 0 Å². The van der Waals surface area contributed by atoms with Gasteiger partial charge in [-0.1, -0.05) is 0 Å². The Morgan fingerprint density at radius 2 is 1.94 bits per heavy atom. The third kappa shape index (κ3) is 2.01. The number of hydrogen-bond donors (Lipinski definition) is 2. The molecule has 18 heavy (non-hydrogen) atoms. The molecule has 5 nitrogen and oxygen atoms in total. The van der Waals surface area contributed by atoms with Crippen LogP contribution in [-0.4, -0.2) is 24.4 Å². The topological polar surface area (TPSA) is 73.2 Å². The maximum absolute atomic E-state index is 13.7. The molecule has 0 aliphatic heterocycles. The zero-order valence-corrected chi connectivity index (χ0v) is 11.3. The molecule has 0 fully saturated rings. The molecule has 1 heterocycles. The molecule has 0 aliphatic carbocycles. The summed E-state index contributed by atoms with van der Waals surface area (Å²) in [4.78, 5) is 0. The molecule has 2 rings (SSSR count). The summed E-state index contributed by atoms with van der Waals surface area (Å²) in [5.41, 5.74) is 6.76. The summed E-state index contributed by atoms with van der Waals surface area (Å²) in [6.45, 7) is 0. The fourth-order valence-corrected chi connectivity index (χ4v) is 2.28. The molecule has 0 amide bonds. The summed E-state index contributed by atoms with van der Waals surface area (Å²) in [5, 5.41) is 6.57. The van der Waals surface area contributed by atoms with E-state index in [4.69, 9.17) is 15.2 Å². The van der Waals surface area contributed by atoms with Gasteiger partial charge in [0.15, 0.2) is 17.3 Å². The summed E-state index contributed by atoms with van der Waals surface area (Å²) >= 11 is 3.28. The van der Waals surface area contributed by atoms with Crippen molar-refractivity contribution >= 4 is 21.7 Å². The third-order valence-electron chi connectivity index (χ3n) is 2.42. The van der Waals surface area contributed by atoms with E-state index in [1.807, 2.05) is 0 Å². The van der Waals surface area contributed by atoms with Gasteiger partial charge in [0.05, 0.1) is 25.5 Å². The molecule has 7 heteroatoms. The Bertz CT molecular complexity index is 586. The van der Waals surface area contributed by atoms with Gasteiger partial charge in [-0.25, -0.2) is 4.39 Å². The Morgan fingerprint density at radius 3 is 2.44 bits per heavy atom. The number of nitrogens with one attached hydrogen (secondary N) is 1. The Labute approximate surface area is 111 Å². The van der Waals surface area contributed by atoms with Crippen LogP contribution in [0.2, 0.25) is 0 Å². The van der Waals surface area contributed by atoms with E-state index in [1.165, 1.54) is 20.3 Å². The van der Waals surface area contributed by atoms with Crippen LogP contribution in [0.3, 0.4) is 0 Å². The molecule has 0 atom stereocenters. The van der Waals surface area contributed by atoms with Crippen LogP contribution in [0.4, 0.5) is 10.2 Å². The average Bonchev–Trinajstić information content (AvgIpc) is 2.74. The number of nitrogens with two attached hydrogens (primary N) is 1. The SMILES string of the molecule is COc1c(F)cc(Br)c(-c2cc(N)n[nH]2)c1OC. The smallest absolute Gasteiger partial charge is 0.197 e. The van der Waals surface area contributed by atoms with Crippen LogP contribution < -0.4 is 15.2 Å². The van der Waals surface area contributed by atoms with Crippen molar-refractivity contribution in [2.45, 2.75) is 0 Å². The number of halogens is 2. The molecule has 1 aromatic heterocycles. The van der Waals surface area contributed by atoms with Crippen LogP contribution in [0.25, 0.3) is 11.3 Å². The van der Waals surface area contributed by atoms with Gasteiger partial charge in [0.25, 0.3) is 0 Å². The van der Waals surface area contributed by atoms with E-state index in [0.717, 1.165) is 0 Å². The van der Waals surface area contributed by atoms with Crippen molar-refractivity contribution in [3.8, 4) is 22.8 Å². The number of H-pyrrole nitrogens is 1. The van der Waals surface area contributed by atoms with Gasteiger partial charge in [-0.3, -0.25) is 5.10 Å². The van der Waals surface area contributed by atoms with E-state index >= 15 is 0 Å².